The van der Waals surface area contributed by atoms with Crippen LogP contribution in [0.2, 0.25) is 0 Å². The summed E-state index contributed by atoms with van der Waals surface area (Å²) in [5.41, 5.74) is 2.45. The molecule has 0 bridgehead atoms. The van der Waals surface area contributed by atoms with Crippen molar-refractivity contribution >= 4 is 17.3 Å². The standard InChI is InChI=1S/C22H30N4S/c1-2-3-15-26-21(20(24-22(26)27)18-12-7-8-14-23-18)19-13-9-16-25(19)17-10-5-4-6-11-17/h7-9,12-14,16-17,20-21H,2-6,10-11,15H2,1H3,(H,24,27)/t20-,21-/m1/s1. The predicted octanol–water partition coefficient (Wildman–Crippen LogP) is 5.16. The number of pyridine rings is 1. The normalized spacial score (nSPS) is 23.6. The highest BCUT2D eigenvalue weighted by Crippen LogP contribution is 2.41. The van der Waals surface area contributed by atoms with E-state index in [9.17, 15) is 0 Å². The molecular weight excluding hydrogens is 352 g/mol. The number of nitrogens with one attached hydrogen (secondary N) is 1. The summed E-state index contributed by atoms with van der Waals surface area (Å²) in [4.78, 5) is 7.05. The van der Waals surface area contributed by atoms with E-state index in [1.807, 2.05) is 12.3 Å². The number of rotatable bonds is 6. The average molecular weight is 383 g/mol. The second-order valence-electron chi connectivity index (χ2n) is 7.81. The summed E-state index contributed by atoms with van der Waals surface area (Å²) < 4.78 is 2.54. The fraction of sp³-hybridized carbons (Fsp3) is 0.545. The van der Waals surface area contributed by atoms with Gasteiger partial charge in [0.25, 0.3) is 0 Å². The maximum atomic E-state index is 5.76. The van der Waals surface area contributed by atoms with E-state index in [-0.39, 0.29) is 12.1 Å². The van der Waals surface area contributed by atoms with Crippen LogP contribution in [0.3, 0.4) is 0 Å². The van der Waals surface area contributed by atoms with Gasteiger partial charge in [-0.25, -0.2) is 0 Å². The highest BCUT2D eigenvalue weighted by atomic mass is 32.1. The Morgan fingerprint density at radius 2 is 2.00 bits per heavy atom. The maximum absolute atomic E-state index is 5.76. The minimum absolute atomic E-state index is 0.104. The molecule has 144 valence electrons. The Bertz CT molecular complexity index is 751. The molecule has 5 heteroatoms. The third kappa shape index (κ3) is 3.75. The van der Waals surface area contributed by atoms with Gasteiger partial charge in [-0.05, 0) is 55.7 Å². The van der Waals surface area contributed by atoms with Gasteiger partial charge in [-0.3, -0.25) is 4.98 Å². The average Bonchev–Trinajstić information content (AvgIpc) is 3.32. The molecule has 2 atom stereocenters. The van der Waals surface area contributed by atoms with Gasteiger partial charge in [0.15, 0.2) is 5.11 Å². The van der Waals surface area contributed by atoms with Gasteiger partial charge in [-0.2, -0.15) is 0 Å². The fourth-order valence-electron chi connectivity index (χ4n) is 4.65. The van der Waals surface area contributed by atoms with E-state index >= 15 is 0 Å². The van der Waals surface area contributed by atoms with Crippen molar-refractivity contribution in [2.24, 2.45) is 0 Å². The first kappa shape index (κ1) is 18.5. The number of hydrogen-bond donors (Lipinski definition) is 1. The maximum Gasteiger partial charge on any atom is 0.170 e. The summed E-state index contributed by atoms with van der Waals surface area (Å²) in [6.45, 7) is 3.23. The number of unbranched alkanes of at least 4 members (excludes halogenated alkanes) is 1. The molecule has 1 saturated carbocycles. The van der Waals surface area contributed by atoms with Crippen LogP contribution >= 0.6 is 12.2 Å². The number of hydrogen-bond acceptors (Lipinski definition) is 2. The van der Waals surface area contributed by atoms with E-state index in [0.29, 0.717) is 6.04 Å². The molecule has 3 heterocycles. The smallest absolute Gasteiger partial charge is 0.170 e. The highest BCUT2D eigenvalue weighted by Gasteiger charge is 2.41. The Hall–Kier alpha value is -1.88. The Morgan fingerprint density at radius 3 is 2.74 bits per heavy atom. The lowest BCUT2D eigenvalue weighted by atomic mass is 9.94. The zero-order valence-corrected chi connectivity index (χ0v) is 17.0. The Balaban J connectivity index is 1.71. The van der Waals surface area contributed by atoms with Gasteiger partial charge < -0.3 is 14.8 Å². The lowest BCUT2D eigenvalue weighted by molar-refractivity contribution is 0.277. The Morgan fingerprint density at radius 1 is 1.15 bits per heavy atom. The van der Waals surface area contributed by atoms with Crippen LogP contribution in [0.1, 0.15) is 81.4 Å². The molecule has 1 aliphatic carbocycles. The van der Waals surface area contributed by atoms with Gasteiger partial charge >= 0.3 is 0 Å². The monoisotopic (exact) mass is 382 g/mol. The van der Waals surface area contributed by atoms with Crippen LogP contribution in [0, 0.1) is 0 Å². The van der Waals surface area contributed by atoms with Gasteiger partial charge in [0.2, 0.25) is 0 Å². The van der Waals surface area contributed by atoms with Gasteiger partial charge in [0, 0.05) is 30.7 Å². The van der Waals surface area contributed by atoms with E-state index in [4.69, 9.17) is 12.2 Å². The highest BCUT2D eigenvalue weighted by molar-refractivity contribution is 7.80. The third-order valence-corrected chi connectivity index (χ3v) is 6.39. The fourth-order valence-corrected chi connectivity index (χ4v) is 4.98. The van der Waals surface area contributed by atoms with Crippen LogP contribution < -0.4 is 5.32 Å². The van der Waals surface area contributed by atoms with Crippen molar-refractivity contribution in [2.75, 3.05) is 6.54 Å². The van der Waals surface area contributed by atoms with E-state index in [1.165, 1.54) is 44.2 Å². The van der Waals surface area contributed by atoms with Gasteiger partial charge in [-0.15, -0.1) is 0 Å². The largest absolute Gasteiger partial charge is 0.352 e. The summed E-state index contributed by atoms with van der Waals surface area (Å²) in [5, 5.41) is 4.44. The molecule has 2 aromatic heterocycles. The van der Waals surface area contributed by atoms with E-state index in [2.05, 4.69) is 57.2 Å². The molecule has 0 aromatic carbocycles. The first-order valence-electron chi connectivity index (χ1n) is 10.4. The molecule has 27 heavy (non-hydrogen) atoms. The zero-order valence-electron chi connectivity index (χ0n) is 16.2. The lowest BCUT2D eigenvalue weighted by Gasteiger charge is -2.32. The van der Waals surface area contributed by atoms with E-state index < -0.39 is 0 Å². The SMILES string of the molecule is CCCCN1C(=S)N[C@H](c2ccccn2)[C@H]1c1cccn1C1CCCCC1. The van der Waals surface area contributed by atoms with Crippen LogP contribution in [0.4, 0.5) is 0 Å². The van der Waals surface area contributed by atoms with Crippen molar-refractivity contribution in [2.45, 2.75) is 70.0 Å². The summed E-state index contributed by atoms with van der Waals surface area (Å²) in [7, 11) is 0. The molecule has 0 radical (unpaired) electrons. The van der Waals surface area contributed by atoms with Crippen molar-refractivity contribution in [3.8, 4) is 0 Å². The van der Waals surface area contributed by atoms with Crippen molar-refractivity contribution in [3.05, 3.63) is 54.1 Å². The topological polar surface area (TPSA) is 33.1 Å². The molecule has 4 nitrogen and oxygen atoms in total. The summed E-state index contributed by atoms with van der Waals surface area (Å²) in [6.07, 6.45) is 13.1. The molecule has 1 N–H and O–H groups in total. The number of nitrogens with zero attached hydrogens (tertiary/aromatic N) is 3. The predicted molar refractivity (Wildman–Crippen MR) is 114 cm³/mol. The van der Waals surface area contributed by atoms with Crippen LogP contribution in [0.25, 0.3) is 0 Å². The quantitative estimate of drug-likeness (QED) is 0.700. The molecule has 0 spiro atoms. The van der Waals surface area contributed by atoms with Crippen LogP contribution in [0.15, 0.2) is 42.7 Å². The molecule has 4 rings (SSSR count). The van der Waals surface area contributed by atoms with Gasteiger partial charge in [-0.1, -0.05) is 38.7 Å². The second-order valence-corrected chi connectivity index (χ2v) is 8.19. The molecular formula is C22H30N4S. The van der Waals surface area contributed by atoms with Gasteiger partial charge in [0.05, 0.1) is 17.8 Å². The van der Waals surface area contributed by atoms with Crippen molar-refractivity contribution in [1.29, 1.82) is 0 Å². The molecule has 2 fully saturated rings. The number of thiocarbonyl (C=S) groups is 1. The zero-order chi connectivity index (χ0) is 18.6. The van der Waals surface area contributed by atoms with Crippen LogP contribution in [-0.4, -0.2) is 26.1 Å². The Labute approximate surface area is 168 Å². The molecule has 2 aromatic rings. The van der Waals surface area contributed by atoms with Crippen LogP contribution in [0.5, 0.6) is 0 Å². The molecule has 0 amide bonds. The van der Waals surface area contributed by atoms with Crippen molar-refractivity contribution in [3.63, 3.8) is 0 Å². The molecule has 1 saturated heterocycles. The molecule has 2 aliphatic rings. The molecule has 0 unspecified atom stereocenters. The second kappa shape index (κ2) is 8.42. The third-order valence-electron chi connectivity index (χ3n) is 6.03. The summed E-state index contributed by atoms with van der Waals surface area (Å²) >= 11 is 5.76. The lowest BCUT2D eigenvalue weighted by Crippen LogP contribution is -2.32. The number of aromatic nitrogens is 2. The van der Waals surface area contributed by atoms with Crippen molar-refractivity contribution < 1.29 is 0 Å². The minimum atomic E-state index is 0.104. The minimum Gasteiger partial charge on any atom is -0.352 e. The van der Waals surface area contributed by atoms with Crippen molar-refractivity contribution in [1.82, 2.24) is 19.8 Å². The summed E-state index contributed by atoms with van der Waals surface area (Å²) in [6, 6.07) is 11.6. The first-order valence-corrected chi connectivity index (χ1v) is 10.8. The first-order chi connectivity index (χ1) is 13.3. The van der Waals surface area contributed by atoms with Gasteiger partial charge in [0.1, 0.15) is 0 Å². The van der Waals surface area contributed by atoms with Crippen LogP contribution in [-0.2, 0) is 0 Å². The van der Waals surface area contributed by atoms with E-state index in [0.717, 1.165) is 23.8 Å². The summed E-state index contributed by atoms with van der Waals surface area (Å²) in [5.74, 6) is 0. The molecule has 1 aliphatic heterocycles. The van der Waals surface area contributed by atoms with E-state index in [1.54, 1.807) is 0 Å². The Kier molecular flexibility index (Phi) is 5.77.